The Morgan fingerprint density at radius 1 is 0.867 bits per heavy atom. The summed E-state index contributed by atoms with van der Waals surface area (Å²) in [5.74, 6) is 3.15. The Morgan fingerprint density at radius 2 is 1.57 bits per heavy atom. The molecule has 0 radical (unpaired) electrons. The van der Waals surface area contributed by atoms with Crippen LogP contribution in [0.2, 0.25) is 0 Å². The van der Waals surface area contributed by atoms with E-state index >= 15 is 0 Å². The molecule has 0 aliphatic heterocycles. The van der Waals surface area contributed by atoms with E-state index in [0.717, 1.165) is 28.5 Å². The van der Waals surface area contributed by atoms with Gasteiger partial charge in [-0.1, -0.05) is 36.4 Å². The first-order valence-corrected chi connectivity index (χ1v) is 9.37. The number of pyridine rings is 1. The highest BCUT2D eigenvalue weighted by atomic mass is 127. The molecule has 0 aliphatic rings. The fraction of sp³-hybridized carbons (Fsp3) is 0.136. The number of aliphatic imine (C=N–C) groups is 1. The van der Waals surface area contributed by atoms with E-state index < -0.39 is 0 Å². The Hall–Kier alpha value is -3.14. The minimum Gasteiger partial charge on any atom is -0.457 e. The van der Waals surface area contributed by atoms with Crippen LogP contribution in [0, 0.1) is 0 Å². The molecule has 0 fully saturated rings. The number of halogens is 1. The van der Waals surface area contributed by atoms with Gasteiger partial charge >= 0.3 is 0 Å². The molecule has 0 aliphatic carbocycles. The van der Waals surface area contributed by atoms with Gasteiger partial charge in [0.2, 0.25) is 0 Å². The van der Waals surface area contributed by atoms with Gasteiger partial charge in [-0.2, -0.15) is 0 Å². The van der Waals surface area contributed by atoms with Crippen molar-refractivity contribution in [3.8, 4) is 11.5 Å². The van der Waals surface area contributed by atoms with Crippen molar-refractivity contribution in [3.63, 3.8) is 0 Å². The van der Waals surface area contributed by atoms with Crippen LogP contribution in [0.25, 0.3) is 5.65 Å². The van der Waals surface area contributed by atoms with Crippen molar-refractivity contribution in [2.45, 2.75) is 13.1 Å². The molecule has 4 aromatic rings. The van der Waals surface area contributed by atoms with Crippen molar-refractivity contribution < 1.29 is 4.74 Å². The maximum Gasteiger partial charge on any atom is 0.191 e. The topological polar surface area (TPSA) is 75.8 Å². The molecule has 0 saturated carbocycles. The van der Waals surface area contributed by atoms with E-state index in [9.17, 15) is 0 Å². The molecule has 4 rings (SSSR count). The first-order chi connectivity index (χ1) is 14.3. The van der Waals surface area contributed by atoms with Gasteiger partial charge in [0.05, 0.1) is 6.54 Å². The lowest BCUT2D eigenvalue weighted by molar-refractivity contribution is 0.482. The van der Waals surface area contributed by atoms with Crippen molar-refractivity contribution in [3.05, 3.63) is 90.4 Å². The van der Waals surface area contributed by atoms with Gasteiger partial charge < -0.3 is 15.4 Å². The highest BCUT2D eigenvalue weighted by Gasteiger charge is 2.06. The van der Waals surface area contributed by atoms with Crippen molar-refractivity contribution in [1.29, 1.82) is 0 Å². The molecule has 0 bridgehead atoms. The molecule has 30 heavy (non-hydrogen) atoms. The van der Waals surface area contributed by atoms with Gasteiger partial charge in [0.1, 0.15) is 11.5 Å². The Bertz CT molecular complexity index is 1100. The van der Waals surface area contributed by atoms with Crippen LogP contribution in [0.4, 0.5) is 0 Å². The van der Waals surface area contributed by atoms with Gasteiger partial charge in [0.15, 0.2) is 17.4 Å². The van der Waals surface area contributed by atoms with Gasteiger partial charge in [-0.15, -0.1) is 34.2 Å². The minimum atomic E-state index is 0. The monoisotopic (exact) mass is 514 g/mol. The molecule has 2 N–H and O–H groups in total. The van der Waals surface area contributed by atoms with E-state index in [1.54, 1.807) is 7.05 Å². The zero-order valence-corrected chi connectivity index (χ0v) is 18.9. The van der Waals surface area contributed by atoms with Gasteiger partial charge in [-0.05, 0) is 42.0 Å². The summed E-state index contributed by atoms with van der Waals surface area (Å²) in [5, 5.41) is 14.9. The summed E-state index contributed by atoms with van der Waals surface area (Å²) in [6.45, 7) is 1.17. The van der Waals surface area contributed by atoms with Crippen LogP contribution in [0.3, 0.4) is 0 Å². The SMILES string of the molecule is CN=C(NCc1ccc(Oc2ccccc2)cc1)NCc1nnc2ccccn12.I. The average molecular weight is 514 g/mol. The highest BCUT2D eigenvalue weighted by molar-refractivity contribution is 14.0. The summed E-state index contributed by atoms with van der Waals surface area (Å²) >= 11 is 0. The number of nitrogens with one attached hydrogen (secondary N) is 2. The molecular formula is C22H23IN6O. The lowest BCUT2D eigenvalue weighted by Crippen LogP contribution is -2.36. The summed E-state index contributed by atoms with van der Waals surface area (Å²) in [7, 11) is 1.74. The fourth-order valence-corrected chi connectivity index (χ4v) is 2.88. The van der Waals surface area contributed by atoms with E-state index in [1.165, 1.54) is 0 Å². The number of benzene rings is 2. The van der Waals surface area contributed by atoms with E-state index in [2.05, 4.69) is 25.8 Å². The quantitative estimate of drug-likeness (QED) is 0.231. The molecule has 2 aromatic carbocycles. The van der Waals surface area contributed by atoms with Crippen molar-refractivity contribution in [2.75, 3.05) is 7.05 Å². The van der Waals surface area contributed by atoms with Crippen molar-refractivity contribution >= 4 is 35.6 Å². The molecule has 0 spiro atoms. The Labute approximate surface area is 192 Å². The Kier molecular flexibility index (Phi) is 7.61. The van der Waals surface area contributed by atoms with E-state index in [-0.39, 0.29) is 24.0 Å². The second-order valence-electron chi connectivity index (χ2n) is 6.38. The second-order valence-corrected chi connectivity index (χ2v) is 6.38. The van der Waals surface area contributed by atoms with Gasteiger partial charge in [0, 0.05) is 19.8 Å². The number of aromatic nitrogens is 3. The lowest BCUT2D eigenvalue weighted by atomic mass is 10.2. The second kappa shape index (κ2) is 10.6. The lowest BCUT2D eigenvalue weighted by Gasteiger charge is -2.12. The fourth-order valence-electron chi connectivity index (χ4n) is 2.88. The minimum absolute atomic E-state index is 0. The molecule has 0 unspecified atom stereocenters. The third-order valence-corrected chi connectivity index (χ3v) is 4.38. The molecule has 0 amide bonds. The molecule has 0 saturated heterocycles. The highest BCUT2D eigenvalue weighted by Crippen LogP contribution is 2.21. The third kappa shape index (κ3) is 5.47. The number of hydrogen-bond acceptors (Lipinski definition) is 4. The molecule has 2 aromatic heterocycles. The largest absolute Gasteiger partial charge is 0.457 e. The molecule has 8 heteroatoms. The zero-order valence-electron chi connectivity index (χ0n) is 16.5. The molecule has 2 heterocycles. The summed E-state index contributed by atoms with van der Waals surface area (Å²) in [5.41, 5.74) is 1.95. The summed E-state index contributed by atoms with van der Waals surface area (Å²) in [4.78, 5) is 4.27. The summed E-state index contributed by atoms with van der Waals surface area (Å²) in [6, 6.07) is 23.6. The normalized spacial score (nSPS) is 11.0. The number of nitrogens with zero attached hydrogens (tertiary/aromatic N) is 4. The average Bonchev–Trinajstić information content (AvgIpc) is 3.19. The van der Waals surface area contributed by atoms with Crippen molar-refractivity contribution in [2.24, 2.45) is 4.99 Å². The van der Waals surface area contributed by atoms with Gasteiger partial charge in [-0.3, -0.25) is 9.39 Å². The molecule has 0 atom stereocenters. The van der Waals surface area contributed by atoms with Crippen molar-refractivity contribution in [1.82, 2.24) is 25.2 Å². The smallest absolute Gasteiger partial charge is 0.191 e. The summed E-state index contributed by atoms with van der Waals surface area (Å²) in [6.07, 6.45) is 1.95. The summed E-state index contributed by atoms with van der Waals surface area (Å²) < 4.78 is 7.77. The molecular weight excluding hydrogens is 491 g/mol. The third-order valence-electron chi connectivity index (χ3n) is 4.38. The Morgan fingerprint density at radius 3 is 2.33 bits per heavy atom. The number of hydrogen-bond donors (Lipinski definition) is 2. The van der Waals surface area contributed by atoms with E-state index in [0.29, 0.717) is 19.0 Å². The first-order valence-electron chi connectivity index (χ1n) is 9.37. The van der Waals surface area contributed by atoms with Crippen LogP contribution in [0.15, 0.2) is 84.0 Å². The van der Waals surface area contributed by atoms with Crippen LogP contribution in [-0.4, -0.2) is 27.6 Å². The first kappa shape index (κ1) is 21.6. The van der Waals surface area contributed by atoms with Gasteiger partial charge in [0.25, 0.3) is 0 Å². The number of para-hydroxylation sites is 1. The Balaban J connectivity index is 0.00000256. The number of guanidine groups is 1. The maximum atomic E-state index is 5.82. The van der Waals surface area contributed by atoms with E-state index in [4.69, 9.17) is 4.74 Å². The van der Waals surface area contributed by atoms with Crippen LogP contribution in [0.5, 0.6) is 11.5 Å². The number of fused-ring (bicyclic) bond motifs is 1. The van der Waals surface area contributed by atoms with Crippen LogP contribution >= 0.6 is 24.0 Å². The van der Waals surface area contributed by atoms with Crippen LogP contribution in [0.1, 0.15) is 11.4 Å². The van der Waals surface area contributed by atoms with Crippen LogP contribution < -0.4 is 15.4 Å². The number of rotatable bonds is 6. The maximum absolute atomic E-state index is 5.82. The zero-order chi connectivity index (χ0) is 19.9. The van der Waals surface area contributed by atoms with E-state index in [1.807, 2.05) is 83.4 Å². The molecule has 154 valence electrons. The predicted octanol–water partition coefficient (Wildman–Crippen LogP) is 4.00. The van der Waals surface area contributed by atoms with Gasteiger partial charge in [-0.25, -0.2) is 0 Å². The predicted molar refractivity (Wildman–Crippen MR) is 128 cm³/mol. The number of ether oxygens (including phenoxy) is 1. The molecule has 7 nitrogen and oxygen atoms in total. The van der Waals surface area contributed by atoms with Crippen LogP contribution in [-0.2, 0) is 13.1 Å². The standard InChI is InChI=1S/C22H22N6O.HI/c1-23-22(25-16-21-27-26-20-9-5-6-14-28(20)21)24-15-17-10-12-19(13-11-17)29-18-7-3-2-4-8-18;/h2-14H,15-16H2,1H3,(H2,23,24,25);1H.